The van der Waals surface area contributed by atoms with Gasteiger partial charge < -0.3 is 20.1 Å². The molecule has 3 heterocycles. The van der Waals surface area contributed by atoms with E-state index < -0.39 is 5.91 Å². The number of methoxy groups -OCH3 is 2. The minimum Gasteiger partial charge on any atom is -0.497 e. The Labute approximate surface area is 178 Å². The van der Waals surface area contributed by atoms with Crippen molar-refractivity contribution in [1.29, 1.82) is 0 Å². The molecule has 2 aromatic heterocycles. The number of primary amides is 1. The molecule has 2 amide bonds. The van der Waals surface area contributed by atoms with E-state index in [1.165, 1.54) is 0 Å². The first-order valence-electron chi connectivity index (χ1n) is 9.95. The predicted octanol–water partition coefficient (Wildman–Crippen LogP) is 2.28. The number of aromatic amines is 2. The lowest BCUT2D eigenvalue weighted by Gasteiger charge is -2.34. The van der Waals surface area contributed by atoms with E-state index in [1.807, 2.05) is 6.07 Å². The summed E-state index contributed by atoms with van der Waals surface area (Å²) in [6.45, 7) is 0.589. The van der Waals surface area contributed by atoms with Gasteiger partial charge in [0.25, 0.3) is 11.8 Å². The van der Waals surface area contributed by atoms with Crippen molar-refractivity contribution >= 4 is 11.8 Å². The summed E-state index contributed by atoms with van der Waals surface area (Å²) in [7, 11) is 3.16. The normalized spacial score (nSPS) is 16.2. The van der Waals surface area contributed by atoms with Gasteiger partial charge in [-0.1, -0.05) is 0 Å². The van der Waals surface area contributed by atoms with Crippen LogP contribution >= 0.6 is 0 Å². The number of rotatable bonds is 6. The van der Waals surface area contributed by atoms with Crippen LogP contribution in [0.25, 0.3) is 11.3 Å². The number of aromatic nitrogens is 4. The largest absolute Gasteiger partial charge is 0.497 e. The zero-order chi connectivity index (χ0) is 22.0. The third kappa shape index (κ3) is 3.96. The predicted molar refractivity (Wildman–Crippen MR) is 112 cm³/mol. The van der Waals surface area contributed by atoms with Gasteiger partial charge in [0.15, 0.2) is 0 Å². The summed E-state index contributed by atoms with van der Waals surface area (Å²) in [4.78, 5) is 26.5. The first-order valence-corrected chi connectivity index (χ1v) is 9.95. The van der Waals surface area contributed by atoms with Crippen LogP contribution in [0.4, 0.5) is 0 Å². The van der Waals surface area contributed by atoms with Gasteiger partial charge >= 0.3 is 0 Å². The second kappa shape index (κ2) is 8.50. The van der Waals surface area contributed by atoms with Crippen molar-refractivity contribution in [3.63, 3.8) is 0 Å². The van der Waals surface area contributed by atoms with E-state index in [4.69, 9.17) is 15.2 Å². The van der Waals surface area contributed by atoms with Crippen molar-refractivity contribution in [2.75, 3.05) is 20.8 Å². The van der Waals surface area contributed by atoms with Crippen molar-refractivity contribution in [1.82, 2.24) is 25.3 Å². The van der Waals surface area contributed by atoms with Crippen LogP contribution in [0.15, 0.2) is 30.3 Å². The van der Waals surface area contributed by atoms with Crippen LogP contribution in [-0.2, 0) is 0 Å². The second-order valence-corrected chi connectivity index (χ2v) is 7.32. The van der Waals surface area contributed by atoms with E-state index in [0.717, 1.165) is 19.3 Å². The number of hydrogen-bond acceptors (Lipinski definition) is 6. The van der Waals surface area contributed by atoms with Crippen LogP contribution in [0.2, 0.25) is 0 Å². The van der Waals surface area contributed by atoms with Crippen molar-refractivity contribution in [2.45, 2.75) is 25.3 Å². The van der Waals surface area contributed by atoms with E-state index in [2.05, 4.69) is 20.4 Å². The monoisotopic (exact) mass is 424 g/mol. The number of H-pyrrole nitrogens is 2. The van der Waals surface area contributed by atoms with Gasteiger partial charge in [0.1, 0.15) is 22.9 Å². The highest BCUT2D eigenvalue weighted by Gasteiger charge is 2.31. The summed E-state index contributed by atoms with van der Waals surface area (Å²) in [5.74, 6) is 0.494. The van der Waals surface area contributed by atoms with E-state index in [9.17, 15) is 9.59 Å². The topological polar surface area (TPSA) is 139 Å². The van der Waals surface area contributed by atoms with Crippen molar-refractivity contribution in [3.05, 3.63) is 47.4 Å². The highest BCUT2D eigenvalue weighted by molar-refractivity contribution is 5.94. The molecule has 0 radical (unpaired) electrons. The van der Waals surface area contributed by atoms with E-state index in [1.54, 1.807) is 43.4 Å². The van der Waals surface area contributed by atoms with Gasteiger partial charge in [-0.05, 0) is 49.6 Å². The number of benzene rings is 1. The van der Waals surface area contributed by atoms with E-state index in [-0.39, 0.29) is 17.6 Å². The number of carbonyl (C=O) groups excluding carboxylic acids is 2. The molecule has 0 bridgehead atoms. The fourth-order valence-corrected chi connectivity index (χ4v) is 3.87. The van der Waals surface area contributed by atoms with E-state index >= 15 is 0 Å². The Kier molecular flexibility index (Phi) is 5.61. The zero-order valence-electron chi connectivity index (χ0n) is 17.3. The molecule has 4 rings (SSSR count). The Morgan fingerprint density at radius 3 is 2.65 bits per heavy atom. The molecule has 4 N–H and O–H groups in total. The lowest BCUT2D eigenvalue weighted by Crippen LogP contribution is -2.38. The van der Waals surface area contributed by atoms with Crippen LogP contribution in [0.3, 0.4) is 0 Å². The van der Waals surface area contributed by atoms with Crippen LogP contribution in [-0.4, -0.2) is 57.9 Å². The Bertz CT molecular complexity index is 1100. The van der Waals surface area contributed by atoms with Gasteiger partial charge in [0.2, 0.25) is 0 Å². The molecule has 10 heteroatoms. The Hall–Kier alpha value is -3.82. The van der Waals surface area contributed by atoms with Gasteiger partial charge in [0, 0.05) is 12.1 Å². The molecule has 10 nitrogen and oxygen atoms in total. The fourth-order valence-electron chi connectivity index (χ4n) is 3.87. The number of nitrogens with one attached hydrogen (secondary N) is 2. The number of piperidine rings is 1. The Morgan fingerprint density at radius 1 is 1.10 bits per heavy atom. The maximum Gasteiger partial charge on any atom is 0.272 e. The molecule has 1 unspecified atom stereocenters. The van der Waals surface area contributed by atoms with Gasteiger partial charge in [-0.15, -0.1) is 0 Å². The number of ether oxygens (including phenoxy) is 2. The van der Waals surface area contributed by atoms with E-state index in [0.29, 0.717) is 40.7 Å². The molecule has 3 aromatic rings. The maximum absolute atomic E-state index is 13.3. The maximum atomic E-state index is 13.3. The first-order chi connectivity index (χ1) is 15.0. The molecule has 1 aliphatic rings. The lowest BCUT2D eigenvalue weighted by atomic mass is 9.98. The molecule has 1 atom stereocenters. The average Bonchev–Trinajstić information content (AvgIpc) is 3.48. The summed E-state index contributed by atoms with van der Waals surface area (Å²) in [5, 5.41) is 14.0. The van der Waals surface area contributed by atoms with Gasteiger partial charge in [-0.3, -0.25) is 19.8 Å². The van der Waals surface area contributed by atoms with Crippen LogP contribution in [0.5, 0.6) is 11.5 Å². The molecule has 0 saturated carbocycles. The Morgan fingerprint density at radius 2 is 1.94 bits per heavy atom. The van der Waals surface area contributed by atoms with Crippen LogP contribution in [0, 0.1) is 0 Å². The van der Waals surface area contributed by atoms with Crippen molar-refractivity contribution in [2.24, 2.45) is 5.73 Å². The number of nitrogens with two attached hydrogens (primary N) is 1. The summed E-state index contributed by atoms with van der Waals surface area (Å²) in [6, 6.07) is 8.48. The fraction of sp³-hybridized carbons (Fsp3) is 0.333. The molecule has 1 saturated heterocycles. The highest BCUT2D eigenvalue weighted by atomic mass is 16.5. The molecular formula is C21H24N6O4. The number of nitrogens with zero attached hydrogens (tertiary/aromatic N) is 3. The minimum absolute atomic E-state index is 0.155. The highest BCUT2D eigenvalue weighted by Crippen LogP contribution is 2.34. The summed E-state index contributed by atoms with van der Waals surface area (Å²) in [5.41, 5.74) is 7.81. The third-order valence-electron chi connectivity index (χ3n) is 5.46. The summed E-state index contributed by atoms with van der Waals surface area (Å²) in [6.07, 6.45) is 2.62. The molecule has 0 spiro atoms. The minimum atomic E-state index is -0.610. The molecule has 162 valence electrons. The quantitative estimate of drug-likeness (QED) is 0.555. The first kappa shape index (κ1) is 20.5. The van der Waals surface area contributed by atoms with Crippen LogP contribution in [0.1, 0.15) is 52.0 Å². The molecule has 1 aliphatic heterocycles. The molecule has 31 heavy (non-hydrogen) atoms. The number of carbonyl (C=O) groups is 2. The Balaban J connectivity index is 1.62. The van der Waals surface area contributed by atoms with Crippen molar-refractivity contribution in [3.8, 4) is 22.8 Å². The van der Waals surface area contributed by atoms with Gasteiger partial charge in [0.05, 0.1) is 31.6 Å². The SMILES string of the molecule is COc1ccc(OC)c(-c2cc(C(=O)N3CCCCC3c3cc(C(N)=O)n[nH]3)[nH]n2)c1. The molecular weight excluding hydrogens is 400 g/mol. The molecule has 1 aromatic carbocycles. The lowest BCUT2D eigenvalue weighted by molar-refractivity contribution is 0.0600. The number of amides is 2. The number of hydrogen-bond donors (Lipinski definition) is 3. The summed E-state index contributed by atoms with van der Waals surface area (Å²) < 4.78 is 10.7. The average molecular weight is 424 g/mol. The van der Waals surface area contributed by atoms with Gasteiger partial charge in [-0.25, -0.2) is 0 Å². The van der Waals surface area contributed by atoms with Crippen LogP contribution < -0.4 is 15.2 Å². The third-order valence-corrected chi connectivity index (χ3v) is 5.46. The molecule has 0 aliphatic carbocycles. The van der Waals surface area contributed by atoms with Crippen molar-refractivity contribution < 1.29 is 19.1 Å². The summed E-state index contributed by atoms with van der Waals surface area (Å²) >= 11 is 0. The van der Waals surface area contributed by atoms with Gasteiger partial charge in [-0.2, -0.15) is 10.2 Å². The smallest absolute Gasteiger partial charge is 0.272 e. The molecule has 1 fully saturated rings. The zero-order valence-corrected chi connectivity index (χ0v) is 17.3. The number of likely N-dealkylation sites (tertiary alicyclic amines) is 1. The standard InChI is InChI=1S/C21H24N6O4/c1-30-12-6-7-19(31-2)13(9-12)14-10-17(26-23-14)21(29)27-8-4-3-5-18(27)15-11-16(20(22)28)25-24-15/h6-7,9-11,18H,3-5,8H2,1-2H3,(H2,22,28)(H,23,26)(H,24,25). The second-order valence-electron chi connectivity index (χ2n) is 7.32.